The van der Waals surface area contributed by atoms with Gasteiger partial charge in [0.2, 0.25) is 0 Å². The number of hydrogen-bond donors (Lipinski definition) is 2. The van der Waals surface area contributed by atoms with Crippen LogP contribution < -0.4 is 10.6 Å². The second-order valence-corrected chi connectivity index (χ2v) is 3.44. The Bertz CT molecular complexity index is 624. The first-order valence-electron chi connectivity index (χ1n) is 5.16. The van der Waals surface area contributed by atoms with Crippen LogP contribution in [0.4, 0.5) is 10.6 Å². The van der Waals surface area contributed by atoms with E-state index in [1.54, 1.807) is 6.07 Å². The summed E-state index contributed by atoms with van der Waals surface area (Å²) in [6, 6.07) is 8.36. The summed E-state index contributed by atoms with van der Waals surface area (Å²) in [6.07, 6.45) is 1.01. The van der Waals surface area contributed by atoms with E-state index in [2.05, 4.69) is 27.4 Å². The molecule has 0 radical (unpaired) electrons. The van der Waals surface area contributed by atoms with Gasteiger partial charge in [-0.3, -0.25) is 15.4 Å². The Kier molecular flexibility index (Phi) is 3.29. The van der Waals surface area contributed by atoms with Gasteiger partial charge in [0.25, 0.3) is 5.91 Å². The Balaban J connectivity index is 2.14. The number of amides is 3. The first kappa shape index (κ1) is 11.7. The summed E-state index contributed by atoms with van der Waals surface area (Å²) in [5.41, 5.74) is 0.727. The van der Waals surface area contributed by atoms with Crippen molar-refractivity contribution in [3.63, 3.8) is 0 Å². The fourth-order valence-corrected chi connectivity index (χ4v) is 1.36. The molecular weight excluding hydrogens is 232 g/mol. The number of carbonyl (C=O) groups is 2. The molecule has 1 heterocycles. The van der Waals surface area contributed by atoms with Crippen molar-refractivity contribution in [2.75, 3.05) is 5.32 Å². The van der Waals surface area contributed by atoms with Gasteiger partial charge >= 0.3 is 6.03 Å². The van der Waals surface area contributed by atoms with E-state index in [-0.39, 0.29) is 5.82 Å². The van der Waals surface area contributed by atoms with E-state index >= 15 is 0 Å². The average Bonchev–Trinajstić information content (AvgIpc) is 2.38. The molecule has 0 unspecified atom stereocenters. The number of aromatic nitrogens is 2. The minimum absolute atomic E-state index is 0.267. The lowest BCUT2D eigenvalue weighted by atomic mass is 10.2. The highest BCUT2D eigenvalue weighted by Crippen LogP contribution is 2.13. The minimum atomic E-state index is -0.676. The number of nitrogens with one attached hydrogen (secondary N) is 2. The van der Waals surface area contributed by atoms with Gasteiger partial charge in [0, 0.05) is 5.39 Å². The molecule has 3 amide bonds. The molecule has 0 spiro atoms. The summed E-state index contributed by atoms with van der Waals surface area (Å²) in [6.45, 7) is 3.24. The Labute approximate surface area is 103 Å². The van der Waals surface area contributed by atoms with Gasteiger partial charge in [0.1, 0.15) is 0 Å². The van der Waals surface area contributed by atoms with Crippen LogP contribution in [0, 0.1) is 0 Å². The quantitative estimate of drug-likeness (QED) is 0.781. The zero-order chi connectivity index (χ0) is 13.0. The zero-order valence-corrected chi connectivity index (χ0v) is 9.38. The molecule has 1 aromatic carbocycles. The Hall–Kier alpha value is -2.76. The Morgan fingerprint density at radius 3 is 2.78 bits per heavy atom. The molecule has 1 aromatic heterocycles. The van der Waals surface area contributed by atoms with Gasteiger partial charge in [-0.2, -0.15) is 0 Å². The lowest BCUT2D eigenvalue weighted by Gasteiger charge is -2.04. The second-order valence-electron chi connectivity index (χ2n) is 3.44. The van der Waals surface area contributed by atoms with Gasteiger partial charge in [-0.05, 0) is 18.2 Å². The summed E-state index contributed by atoms with van der Waals surface area (Å²) in [5, 5.41) is 13.1. The number of anilines is 1. The van der Waals surface area contributed by atoms with E-state index in [1.807, 2.05) is 24.3 Å². The van der Waals surface area contributed by atoms with E-state index in [1.165, 1.54) is 0 Å². The monoisotopic (exact) mass is 242 g/mol. The average molecular weight is 242 g/mol. The van der Waals surface area contributed by atoms with Crippen LogP contribution in [-0.4, -0.2) is 22.1 Å². The zero-order valence-electron chi connectivity index (χ0n) is 9.38. The van der Waals surface area contributed by atoms with E-state index in [9.17, 15) is 9.59 Å². The molecule has 90 valence electrons. The molecular formula is C12H10N4O2. The largest absolute Gasteiger partial charge is 0.327 e. The maximum Gasteiger partial charge on any atom is 0.327 e. The predicted octanol–water partition coefficient (Wildman–Crippen LogP) is 1.46. The molecule has 0 aliphatic carbocycles. The number of urea groups is 1. The smallest absolute Gasteiger partial charge is 0.290 e. The number of nitrogens with zero attached hydrogens (tertiary/aromatic N) is 2. The van der Waals surface area contributed by atoms with Crippen molar-refractivity contribution in [1.29, 1.82) is 0 Å². The number of imide groups is 1. The van der Waals surface area contributed by atoms with Gasteiger partial charge in [-0.25, -0.2) is 4.79 Å². The minimum Gasteiger partial charge on any atom is -0.290 e. The van der Waals surface area contributed by atoms with Crippen LogP contribution in [-0.2, 0) is 4.79 Å². The first-order valence-corrected chi connectivity index (χ1v) is 5.16. The fraction of sp³-hybridized carbons (Fsp3) is 0. The van der Waals surface area contributed by atoms with Crippen molar-refractivity contribution in [1.82, 2.24) is 15.5 Å². The highest BCUT2D eigenvalue weighted by molar-refractivity contribution is 6.04. The van der Waals surface area contributed by atoms with Gasteiger partial charge < -0.3 is 0 Å². The van der Waals surface area contributed by atoms with Crippen molar-refractivity contribution in [3.8, 4) is 0 Å². The third kappa shape index (κ3) is 2.67. The predicted molar refractivity (Wildman–Crippen MR) is 66.9 cm³/mol. The molecule has 0 fully saturated rings. The number of carbonyl (C=O) groups excluding carboxylic acids is 2. The lowest BCUT2D eigenvalue weighted by Crippen LogP contribution is -2.33. The van der Waals surface area contributed by atoms with Crippen LogP contribution >= 0.6 is 0 Å². The normalized spacial score (nSPS) is 9.78. The SMILES string of the molecule is C=CC(=O)NC(=O)Nc1cc2ccccc2nn1. The molecule has 2 rings (SSSR count). The van der Waals surface area contributed by atoms with Gasteiger partial charge in [0.05, 0.1) is 5.52 Å². The highest BCUT2D eigenvalue weighted by Gasteiger charge is 2.06. The maximum absolute atomic E-state index is 11.4. The molecule has 0 saturated heterocycles. The maximum atomic E-state index is 11.4. The van der Waals surface area contributed by atoms with Crippen molar-refractivity contribution >= 4 is 28.7 Å². The van der Waals surface area contributed by atoms with Gasteiger partial charge in [-0.15, -0.1) is 10.2 Å². The van der Waals surface area contributed by atoms with E-state index in [0.717, 1.165) is 17.0 Å². The van der Waals surface area contributed by atoms with Crippen molar-refractivity contribution in [3.05, 3.63) is 43.0 Å². The molecule has 0 saturated carbocycles. The number of hydrogen-bond acceptors (Lipinski definition) is 4. The molecule has 6 heteroatoms. The van der Waals surface area contributed by atoms with Crippen molar-refractivity contribution in [2.24, 2.45) is 0 Å². The Morgan fingerprint density at radius 2 is 2.00 bits per heavy atom. The molecule has 18 heavy (non-hydrogen) atoms. The summed E-state index contributed by atoms with van der Waals surface area (Å²) < 4.78 is 0. The van der Waals surface area contributed by atoms with Crippen LogP contribution in [0.2, 0.25) is 0 Å². The summed E-state index contributed by atoms with van der Waals surface area (Å²) >= 11 is 0. The Morgan fingerprint density at radius 1 is 1.22 bits per heavy atom. The summed E-state index contributed by atoms with van der Waals surface area (Å²) in [5.74, 6) is -0.315. The topological polar surface area (TPSA) is 84.0 Å². The molecule has 6 nitrogen and oxygen atoms in total. The number of fused-ring (bicyclic) bond motifs is 1. The molecule has 0 aliphatic rings. The van der Waals surface area contributed by atoms with Gasteiger partial charge in [-0.1, -0.05) is 24.8 Å². The molecule has 0 bridgehead atoms. The van der Waals surface area contributed by atoms with Crippen LogP contribution in [0.3, 0.4) is 0 Å². The van der Waals surface area contributed by atoms with Crippen LogP contribution in [0.1, 0.15) is 0 Å². The molecule has 2 aromatic rings. The lowest BCUT2D eigenvalue weighted by molar-refractivity contribution is -0.115. The number of rotatable bonds is 2. The third-order valence-electron chi connectivity index (χ3n) is 2.16. The molecule has 0 aliphatic heterocycles. The summed E-state index contributed by atoms with van der Waals surface area (Å²) in [4.78, 5) is 22.3. The van der Waals surface area contributed by atoms with E-state index in [0.29, 0.717) is 0 Å². The van der Waals surface area contributed by atoms with Gasteiger partial charge in [0.15, 0.2) is 5.82 Å². The van der Waals surface area contributed by atoms with E-state index < -0.39 is 11.9 Å². The fourth-order valence-electron chi connectivity index (χ4n) is 1.36. The van der Waals surface area contributed by atoms with Crippen LogP contribution in [0.5, 0.6) is 0 Å². The van der Waals surface area contributed by atoms with Crippen molar-refractivity contribution in [2.45, 2.75) is 0 Å². The third-order valence-corrected chi connectivity index (χ3v) is 2.16. The molecule has 2 N–H and O–H groups in total. The molecule has 0 atom stereocenters. The highest BCUT2D eigenvalue weighted by atomic mass is 16.2. The van der Waals surface area contributed by atoms with Crippen molar-refractivity contribution < 1.29 is 9.59 Å². The number of benzene rings is 1. The van der Waals surface area contributed by atoms with E-state index in [4.69, 9.17) is 0 Å². The second kappa shape index (κ2) is 5.05. The standard InChI is InChI=1S/C12H10N4O2/c1-2-11(17)14-12(18)13-10-7-8-5-3-4-6-9(8)15-16-10/h2-7H,1H2,(H2,13,14,16,17,18). The van der Waals surface area contributed by atoms with Crippen LogP contribution in [0.25, 0.3) is 10.9 Å². The first-order chi connectivity index (χ1) is 8.69. The summed E-state index contributed by atoms with van der Waals surface area (Å²) in [7, 11) is 0. The van der Waals surface area contributed by atoms with Crippen LogP contribution in [0.15, 0.2) is 43.0 Å².